The van der Waals surface area contributed by atoms with Crippen molar-refractivity contribution in [3.05, 3.63) is 6.20 Å². The van der Waals surface area contributed by atoms with Crippen molar-refractivity contribution in [2.45, 2.75) is 29.7 Å². The fourth-order valence-corrected chi connectivity index (χ4v) is 3.54. The fraction of sp³-hybridized carbons (Fsp3) is 0.600. The molecular weight excluding hydrogens is 290 g/mol. The molecule has 1 aliphatic heterocycles. The highest BCUT2D eigenvalue weighted by Crippen LogP contribution is 2.36. The Labute approximate surface area is 117 Å². The van der Waals surface area contributed by atoms with Gasteiger partial charge in [0.1, 0.15) is 28.7 Å². The third kappa shape index (κ3) is 1.97. The van der Waals surface area contributed by atoms with Gasteiger partial charge < -0.3 is 20.1 Å². The Kier molecular flexibility index (Phi) is 3.50. The average molecular weight is 303 g/mol. The molecule has 0 bridgehead atoms. The summed E-state index contributed by atoms with van der Waals surface area (Å²) in [7, 11) is 0. The van der Waals surface area contributed by atoms with E-state index in [0.29, 0.717) is 5.16 Å². The summed E-state index contributed by atoms with van der Waals surface area (Å²) < 4.78 is 11.3. The summed E-state index contributed by atoms with van der Waals surface area (Å²) in [6, 6.07) is 0. The average Bonchev–Trinajstić information content (AvgIpc) is 3.05. The molecule has 1 saturated heterocycles. The van der Waals surface area contributed by atoms with Crippen LogP contribution in [0.15, 0.2) is 11.4 Å². The van der Waals surface area contributed by atoms with Crippen molar-refractivity contribution in [3.63, 3.8) is 0 Å². The summed E-state index contributed by atoms with van der Waals surface area (Å²) in [6.45, 7) is -0.343. The molecule has 1 aliphatic rings. The van der Waals surface area contributed by atoms with E-state index in [2.05, 4.69) is 9.36 Å². The molecule has 3 heterocycles. The number of imidazole rings is 1. The van der Waals surface area contributed by atoms with Crippen molar-refractivity contribution in [1.82, 2.24) is 13.9 Å². The Morgan fingerprint density at radius 3 is 2.89 bits per heavy atom. The van der Waals surface area contributed by atoms with Gasteiger partial charge in [-0.3, -0.25) is 4.57 Å². The summed E-state index contributed by atoms with van der Waals surface area (Å²) >= 11 is 2.67. The van der Waals surface area contributed by atoms with Crippen molar-refractivity contribution in [2.75, 3.05) is 12.9 Å². The Bertz CT molecular complexity index is 586. The van der Waals surface area contributed by atoms with Gasteiger partial charge in [-0.1, -0.05) is 11.8 Å². The summed E-state index contributed by atoms with van der Waals surface area (Å²) in [6.07, 6.45) is -0.257. The molecule has 4 atom stereocenters. The van der Waals surface area contributed by atoms with Crippen LogP contribution in [-0.2, 0) is 4.74 Å². The smallest absolute Gasteiger partial charge is 0.171 e. The highest BCUT2D eigenvalue weighted by Gasteiger charge is 2.44. The minimum absolute atomic E-state index is 0.343. The molecule has 3 rings (SSSR count). The SMILES string of the molecule is CSc1nc2cnsc2n1[C@@H]1O[C@H](CO)[C@@H](O)[C@H]1O. The van der Waals surface area contributed by atoms with Crippen LogP contribution in [0.5, 0.6) is 0 Å². The van der Waals surface area contributed by atoms with Crippen LogP contribution in [0.1, 0.15) is 6.23 Å². The molecule has 1 fully saturated rings. The minimum Gasteiger partial charge on any atom is -0.394 e. The number of hydrogen-bond acceptors (Lipinski definition) is 8. The standard InChI is InChI=1S/C10H13N3O4S2/c1-18-10-12-4-2-11-19-9(4)13(10)8-7(16)6(15)5(3-14)17-8/h2,5-8,14-16H,3H2,1H3/t5-,6-,7-,8-/m1/s1. The number of fused-ring (bicyclic) bond motifs is 1. The van der Waals surface area contributed by atoms with Crippen LogP contribution in [0, 0.1) is 0 Å². The number of aromatic nitrogens is 3. The lowest BCUT2D eigenvalue weighted by molar-refractivity contribution is -0.0543. The van der Waals surface area contributed by atoms with Crippen LogP contribution in [0.2, 0.25) is 0 Å². The number of aliphatic hydroxyl groups is 3. The first kappa shape index (κ1) is 13.3. The number of ether oxygens (including phenoxy) is 1. The molecule has 0 aromatic carbocycles. The van der Waals surface area contributed by atoms with Crippen LogP contribution in [-0.4, -0.2) is 60.4 Å². The molecule has 0 spiro atoms. The maximum absolute atomic E-state index is 10.1. The van der Waals surface area contributed by atoms with Crippen LogP contribution < -0.4 is 0 Å². The van der Waals surface area contributed by atoms with E-state index in [0.717, 1.165) is 10.3 Å². The Morgan fingerprint density at radius 2 is 2.26 bits per heavy atom. The zero-order valence-electron chi connectivity index (χ0n) is 10.0. The van der Waals surface area contributed by atoms with Crippen molar-refractivity contribution in [2.24, 2.45) is 0 Å². The predicted molar refractivity (Wildman–Crippen MR) is 70.2 cm³/mol. The third-order valence-electron chi connectivity index (χ3n) is 3.13. The molecule has 104 valence electrons. The first-order valence-electron chi connectivity index (χ1n) is 5.66. The van der Waals surface area contributed by atoms with Crippen molar-refractivity contribution in [3.8, 4) is 0 Å². The Hall–Kier alpha value is -0.710. The highest BCUT2D eigenvalue weighted by molar-refractivity contribution is 7.98. The van der Waals surface area contributed by atoms with Crippen LogP contribution in [0.25, 0.3) is 10.3 Å². The topological polar surface area (TPSA) is 101 Å². The zero-order chi connectivity index (χ0) is 13.6. The number of nitrogens with zero attached hydrogens (tertiary/aromatic N) is 3. The van der Waals surface area contributed by atoms with E-state index in [1.54, 1.807) is 10.8 Å². The monoisotopic (exact) mass is 303 g/mol. The summed E-state index contributed by atoms with van der Waals surface area (Å²) in [5, 5.41) is 29.7. The van der Waals surface area contributed by atoms with E-state index in [1.807, 2.05) is 6.26 Å². The van der Waals surface area contributed by atoms with E-state index in [9.17, 15) is 10.2 Å². The van der Waals surface area contributed by atoms with Gasteiger partial charge in [0.2, 0.25) is 0 Å². The van der Waals surface area contributed by atoms with E-state index >= 15 is 0 Å². The van der Waals surface area contributed by atoms with Crippen LogP contribution >= 0.6 is 23.3 Å². The highest BCUT2D eigenvalue weighted by atomic mass is 32.2. The maximum Gasteiger partial charge on any atom is 0.171 e. The van der Waals surface area contributed by atoms with E-state index < -0.39 is 24.5 Å². The molecule has 0 unspecified atom stereocenters. The largest absolute Gasteiger partial charge is 0.394 e. The van der Waals surface area contributed by atoms with E-state index in [4.69, 9.17) is 9.84 Å². The van der Waals surface area contributed by atoms with E-state index in [-0.39, 0.29) is 6.61 Å². The quantitative estimate of drug-likeness (QED) is 0.677. The molecule has 2 aromatic heterocycles. The van der Waals surface area contributed by atoms with Gasteiger partial charge in [0.15, 0.2) is 11.4 Å². The zero-order valence-corrected chi connectivity index (χ0v) is 11.6. The predicted octanol–water partition coefficient (Wildman–Crippen LogP) is -0.174. The lowest BCUT2D eigenvalue weighted by Gasteiger charge is -2.18. The maximum atomic E-state index is 10.1. The first-order valence-corrected chi connectivity index (χ1v) is 7.66. The summed E-state index contributed by atoms with van der Waals surface area (Å²) in [5.41, 5.74) is 0.729. The van der Waals surface area contributed by atoms with Gasteiger partial charge in [-0.25, -0.2) is 4.98 Å². The molecule has 0 saturated carbocycles. The summed E-state index contributed by atoms with van der Waals surface area (Å²) in [5.74, 6) is 0. The third-order valence-corrected chi connectivity index (χ3v) is 4.57. The lowest BCUT2D eigenvalue weighted by Crippen LogP contribution is -2.33. The van der Waals surface area contributed by atoms with Gasteiger partial charge in [-0.05, 0) is 17.8 Å². The second-order valence-corrected chi connectivity index (χ2v) is 5.77. The van der Waals surface area contributed by atoms with Crippen molar-refractivity contribution in [1.29, 1.82) is 0 Å². The molecule has 3 N–H and O–H groups in total. The first-order chi connectivity index (χ1) is 9.17. The van der Waals surface area contributed by atoms with Gasteiger partial charge in [-0.2, -0.15) is 4.37 Å². The number of hydrogen-bond donors (Lipinski definition) is 3. The number of aliphatic hydroxyl groups excluding tert-OH is 3. The van der Waals surface area contributed by atoms with Gasteiger partial charge in [0.25, 0.3) is 0 Å². The van der Waals surface area contributed by atoms with E-state index in [1.165, 1.54) is 23.3 Å². The lowest BCUT2D eigenvalue weighted by atomic mass is 10.1. The molecular formula is C10H13N3O4S2. The molecule has 7 nitrogen and oxygen atoms in total. The fourth-order valence-electron chi connectivity index (χ4n) is 2.18. The molecule has 0 aliphatic carbocycles. The normalized spacial score (nSPS) is 31.4. The van der Waals surface area contributed by atoms with Gasteiger partial charge in [-0.15, -0.1) is 0 Å². The molecule has 2 aromatic rings. The summed E-state index contributed by atoms with van der Waals surface area (Å²) in [4.78, 5) is 5.16. The van der Waals surface area contributed by atoms with Gasteiger partial charge in [0, 0.05) is 0 Å². The molecule has 0 amide bonds. The van der Waals surface area contributed by atoms with Crippen molar-refractivity contribution < 1.29 is 20.1 Å². The van der Waals surface area contributed by atoms with Crippen LogP contribution in [0.3, 0.4) is 0 Å². The Morgan fingerprint density at radius 1 is 1.47 bits per heavy atom. The second-order valence-electron chi connectivity index (χ2n) is 4.21. The number of rotatable bonds is 3. The van der Waals surface area contributed by atoms with Gasteiger partial charge in [0.05, 0.1) is 12.8 Å². The molecule has 9 heteroatoms. The molecule has 19 heavy (non-hydrogen) atoms. The van der Waals surface area contributed by atoms with Crippen molar-refractivity contribution >= 4 is 33.6 Å². The molecule has 0 radical (unpaired) electrons. The minimum atomic E-state index is -1.12. The van der Waals surface area contributed by atoms with Crippen LogP contribution in [0.4, 0.5) is 0 Å². The number of thioether (sulfide) groups is 1. The van der Waals surface area contributed by atoms with Gasteiger partial charge >= 0.3 is 0 Å². The Balaban J connectivity index is 2.06. The second kappa shape index (κ2) is 5.00.